The number of anilines is 1. The van der Waals surface area contributed by atoms with Crippen molar-refractivity contribution in [1.29, 1.82) is 0 Å². The van der Waals surface area contributed by atoms with Crippen LogP contribution in [0.1, 0.15) is 42.4 Å². The number of benzene rings is 4. The van der Waals surface area contributed by atoms with Gasteiger partial charge in [0.2, 0.25) is 11.8 Å². The van der Waals surface area contributed by atoms with Crippen molar-refractivity contribution in [3.8, 4) is 5.75 Å². The van der Waals surface area contributed by atoms with Gasteiger partial charge < -0.3 is 15.0 Å². The zero-order valence-electron chi connectivity index (χ0n) is 26.6. The number of aryl methyl sites for hydroxylation is 1. The highest BCUT2D eigenvalue weighted by molar-refractivity contribution is 7.92. The third kappa shape index (κ3) is 8.73. The van der Waals surface area contributed by atoms with Gasteiger partial charge >= 0.3 is 0 Å². The SMILES string of the molecule is COc1cccc(CN(C(=O)CN(c2ccc(Cl)cc2)S(=O)(=O)c2ccc(C)cc2)[C@H](Cc2ccccc2)C(=O)NC2CCCC2)c1. The predicted molar refractivity (Wildman–Crippen MR) is 185 cm³/mol. The van der Waals surface area contributed by atoms with Gasteiger partial charge in [0.1, 0.15) is 18.3 Å². The zero-order valence-corrected chi connectivity index (χ0v) is 28.2. The first kappa shape index (κ1) is 34.0. The fourth-order valence-electron chi connectivity index (χ4n) is 5.86. The van der Waals surface area contributed by atoms with E-state index in [1.54, 1.807) is 49.6 Å². The largest absolute Gasteiger partial charge is 0.497 e. The number of nitrogens with one attached hydrogen (secondary N) is 1. The van der Waals surface area contributed by atoms with Gasteiger partial charge in [-0.25, -0.2) is 8.42 Å². The van der Waals surface area contributed by atoms with Gasteiger partial charge in [0.05, 0.1) is 17.7 Å². The lowest BCUT2D eigenvalue weighted by Gasteiger charge is -2.34. The smallest absolute Gasteiger partial charge is 0.264 e. The third-order valence-electron chi connectivity index (χ3n) is 8.46. The molecule has 0 unspecified atom stereocenters. The summed E-state index contributed by atoms with van der Waals surface area (Å²) in [5, 5.41) is 3.62. The molecular weight excluding hydrogens is 634 g/mol. The van der Waals surface area contributed by atoms with Crippen molar-refractivity contribution in [2.24, 2.45) is 0 Å². The molecule has 4 aromatic carbocycles. The highest BCUT2D eigenvalue weighted by Gasteiger charge is 2.35. The summed E-state index contributed by atoms with van der Waals surface area (Å²) in [5.74, 6) is -0.188. The molecule has 1 atom stereocenters. The van der Waals surface area contributed by atoms with Crippen LogP contribution in [0.4, 0.5) is 5.69 Å². The Balaban J connectivity index is 1.57. The number of halogens is 1. The fourth-order valence-corrected chi connectivity index (χ4v) is 7.40. The number of carbonyl (C=O) groups excluding carboxylic acids is 2. The van der Waals surface area contributed by atoms with Gasteiger partial charge in [-0.1, -0.05) is 84.6 Å². The molecule has 246 valence electrons. The molecule has 47 heavy (non-hydrogen) atoms. The summed E-state index contributed by atoms with van der Waals surface area (Å²) in [6.07, 6.45) is 4.08. The van der Waals surface area contributed by atoms with Crippen LogP contribution in [-0.2, 0) is 32.6 Å². The summed E-state index contributed by atoms with van der Waals surface area (Å²) in [4.78, 5) is 30.3. The second-order valence-corrected chi connectivity index (χ2v) is 14.2. The van der Waals surface area contributed by atoms with E-state index in [2.05, 4.69) is 5.32 Å². The van der Waals surface area contributed by atoms with Crippen molar-refractivity contribution in [2.45, 2.75) is 62.6 Å². The Hall–Kier alpha value is -4.34. The van der Waals surface area contributed by atoms with Crippen LogP contribution in [0.15, 0.2) is 108 Å². The third-order valence-corrected chi connectivity index (χ3v) is 10.5. The number of carbonyl (C=O) groups is 2. The number of ether oxygens (including phenoxy) is 1. The molecule has 1 fully saturated rings. The van der Waals surface area contributed by atoms with Crippen LogP contribution >= 0.6 is 11.6 Å². The molecule has 1 N–H and O–H groups in total. The molecule has 2 amide bonds. The van der Waals surface area contributed by atoms with Crippen LogP contribution in [0.2, 0.25) is 5.02 Å². The maximum Gasteiger partial charge on any atom is 0.264 e. The Morgan fingerprint density at radius 1 is 0.894 bits per heavy atom. The van der Waals surface area contributed by atoms with Gasteiger partial charge in [-0.2, -0.15) is 0 Å². The van der Waals surface area contributed by atoms with Crippen molar-refractivity contribution in [1.82, 2.24) is 10.2 Å². The average Bonchev–Trinajstić information content (AvgIpc) is 3.59. The topological polar surface area (TPSA) is 96.0 Å². The minimum Gasteiger partial charge on any atom is -0.497 e. The van der Waals surface area contributed by atoms with E-state index >= 15 is 0 Å². The fraction of sp³-hybridized carbons (Fsp3) is 0.297. The second kappa shape index (κ2) is 15.5. The Bertz CT molecular complexity index is 1760. The molecule has 5 rings (SSSR count). The molecule has 0 aliphatic heterocycles. The number of hydrogen-bond donors (Lipinski definition) is 1. The number of rotatable bonds is 13. The highest BCUT2D eigenvalue weighted by Crippen LogP contribution is 2.27. The van der Waals surface area contributed by atoms with E-state index in [0.717, 1.165) is 46.7 Å². The van der Waals surface area contributed by atoms with E-state index < -0.39 is 28.5 Å². The number of amides is 2. The van der Waals surface area contributed by atoms with Crippen LogP contribution in [0.3, 0.4) is 0 Å². The molecule has 8 nitrogen and oxygen atoms in total. The van der Waals surface area contributed by atoms with Gasteiger partial charge in [0.15, 0.2) is 0 Å². The van der Waals surface area contributed by atoms with Crippen molar-refractivity contribution in [3.05, 3.63) is 125 Å². The van der Waals surface area contributed by atoms with E-state index in [-0.39, 0.29) is 35.5 Å². The molecule has 0 aromatic heterocycles. The highest BCUT2D eigenvalue weighted by atomic mass is 35.5. The Labute approximate surface area is 282 Å². The van der Waals surface area contributed by atoms with E-state index in [0.29, 0.717) is 10.8 Å². The molecule has 0 heterocycles. The molecule has 1 saturated carbocycles. The number of hydrogen-bond acceptors (Lipinski definition) is 5. The molecule has 0 radical (unpaired) electrons. The molecule has 1 aliphatic rings. The van der Waals surface area contributed by atoms with Crippen LogP contribution in [-0.4, -0.2) is 50.9 Å². The lowest BCUT2D eigenvalue weighted by molar-refractivity contribution is -0.140. The summed E-state index contributed by atoms with van der Waals surface area (Å²) in [6.45, 7) is 1.39. The van der Waals surface area contributed by atoms with E-state index in [4.69, 9.17) is 16.3 Å². The summed E-state index contributed by atoms with van der Waals surface area (Å²) >= 11 is 6.16. The molecule has 0 bridgehead atoms. The van der Waals surface area contributed by atoms with Gasteiger partial charge in [-0.05, 0) is 79.4 Å². The summed E-state index contributed by atoms with van der Waals surface area (Å²) in [5.41, 5.74) is 2.80. The first-order chi connectivity index (χ1) is 22.6. The number of methoxy groups -OCH3 is 1. The quantitative estimate of drug-likeness (QED) is 0.174. The number of nitrogens with zero attached hydrogens (tertiary/aromatic N) is 2. The first-order valence-corrected chi connectivity index (χ1v) is 17.6. The van der Waals surface area contributed by atoms with Crippen molar-refractivity contribution in [2.75, 3.05) is 18.0 Å². The first-order valence-electron chi connectivity index (χ1n) is 15.8. The normalized spacial score (nSPS) is 13.9. The van der Waals surface area contributed by atoms with Crippen molar-refractivity contribution in [3.63, 3.8) is 0 Å². The predicted octanol–water partition coefficient (Wildman–Crippen LogP) is 6.55. The summed E-state index contributed by atoms with van der Waals surface area (Å²) in [6, 6.07) is 28.7. The summed E-state index contributed by atoms with van der Waals surface area (Å²) in [7, 11) is -2.63. The molecule has 0 spiro atoms. The van der Waals surface area contributed by atoms with E-state index in [1.807, 2.05) is 55.5 Å². The van der Waals surface area contributed by atoms with E-state index in [1.165, 1.54) is 17.0 Å². The molecule has 0 saturated heterocycles. The van der Waals surface area contributed by atoms with E-state index in [9.17, 15) is 18.0 Å². The lowest BCUT2D eigenvalue weighted by Crippen LogP contribution is -2.54. The minimum atomic E-state index is -4.20. The Kier molecular flexibility index (Phi) is 11.2. The molecule has 1 aliphatic carbocycles. The van der Waals surface area contributed by atoms with Crippen LogP contribution in [0, 0.1) is 6.92 Å². The standard InChI is InChI=1S/C37H40ClN3O5S/c1-27-15-21-34(22-16-27)47(44,45)41(32-19-17-30(38)18-20-32)26-36(42)40(25-29-11-8-14-33(23-29)46-2)35(24-28-9-4-3-5-10-28)37(43)39-31-12-6-7-13-31/h3-5,8-11,14-23,31,35H,6-7,12-13,24-26H2,1-2H3,(H,39,43)/t35-/m1/s1. The minimum absolute atomic E-state index is 0.0297. The lowest BCUT2D eigenvalue weighted by atomic mass is 10.0. The maximum atomic E-state index is 14.6. The average molecular weight is 674 g/mol. The van der Waals surface area contributed by atoms with Crippen molar-refractivity contribution < 1.29 is 22.7 Å². The molecule has 10 heteroatoms. The monoisotopic (exact) mass is 673 g/mol. The van der Waals surface area contributed by atoms with Crippen LogP contribution in [0.5, 0.6) is 5.75 Å². The van der Waals surface area contributed by atoms with Gasteiger partial charge in [0, 0.05) is 24.0 Å². The maximum absolute atomic E-state index is 14.6. The Morgan fingerprint density at radius 3 is 2.21 bits per heavy atom. The Morgan fingerprint density at radius 2 is 1.55 bits per heavy atom. The van der Waals surface area contributed by atoms with Gasteiger partial charge in [-0.15, -0.1) is 0 Å². The van der Waals surface area contributed by atoms with Gasteiger partial charge in [-0.3, -0.25) is 13.9 Å². The number of sulfonamides is 1. The van der Waals surface area contributed by atoms with Crippen LogP contribution in [0.25, 0.3) is 0 Å². The van der Waals surface area contributed by atoms with Crippen molar-refractivity contribution >= 4 is 39.1 Å². The molecular formula is C37H40ClN3O5S. The van der Waals surface area contributed by atoms with Gasteiger partial charge in [0.25, 0.3) is 10.0 Å². The second-order valence-electron chi connectivity index (χ2n) is 11.9. The zero-order chi connectivity index (χ0) is 33.4. The summed E-state index contributed by atoms with van der Waals surface area (Å²) < 4.78 is 34.9. The van der Waals surface area contributed by atoms with Crippen LogP contribution < -0.4 is 14.4 Å². The molecule has 4 aromatic rings.